The largest absolute Gasteiger partial charge is 0.463 e. The summed E-state index contributed by atoms with van der Waals surface area (Å²) < 4.78 is 22.3. The Morgan fingerprint density at radius 3 is 2.09 bits per heavy atom. The summed E-state index contributed by atoms with van der Waals surface area (Å²) in [6, 6.07) is 3.63. The van der Waals surface area contributed by atoms with Crippen molar-refractivity contribution in [3.8, 4) is 5.75 Å². The number of rotatable bonds is 8. The quantitative estimate of drug-likeness (QED) is 0.136. The van der Waals surface area contributed by atoms with E-state index in [1.54, 1.807) is 0 Å². The number of amides is 1. The van der Waals surface area contributed by atoms with E-state index in [4.69, 9.17) is 18.9 Å². The third-order valence-electron chi connectivity index (χ3n) is 5.66. The average Bonchev–Trinajstić information content (AvgIpc) is 2.82. The number of hydrogen-bond donors (Lipinski definition) is 7. The summed E-state index contributed by atoms with van der Waals surface area (Å²) in [5, 5.41) is 73.6. The highest BCUT2D eigenvalue weighted by molar-refractivity contribution is 5.73. The number of nitro groups is 1. The molecule has 10 atom stereocenters. The Bertz CT molecular complexity index is 869. The molecule has 0 bridgehead atoms. The van der Waals surface area contributed by atoms with Gasteiger partial charge in [0.05, 0.1) is 18.1 Å². The molecule has 2 saturated heterocycles. The molecule has 0 aliphatic carbocycles. The summed E-state index contributed by atoms with van der Waals surface area (Å²) in [4.78, 5) is 22.2. The minimum absolute atomic E-state index is 0.0932. The van der Waals surface area contributed by atoms with E-state index in [1.807, 2.05) is 0 Å². The molecule has 0 unspecified atom stereocenters. The van der Waals surface area contributed by atoms with E-state index in [-0.39, 0.29) is 11.4 Å². The van der Waals surface area contributed by atoms with Crippen LogP contribution in [0, 0.1) is 10.1 Å². The van der Waals surface area contributed by atoms with Gasteiger partial charge in [-0.25, -0.2) is 0 Å². The highest BCUT2D eigenvalue weighted by atomic mass is 16.7. The number of aliphatic hydroxyl groups excluding tert-OH is 6. The van der Waals surface area contributed by atoms with Gasteiger partial charge in [0.1, 0.15) is 54.5 Å². The fraction of sp³-hybridized carbons (Fsp3) is 0.650. The van der Waals surface area contributed by atoms with Gasteiger partial charge in [-0.05, 0) is 12.1 Å². The predicted molar refractivity (Wildman–Crippen MR) is 112 cm³/mol. The first-order chi connectivity index (χ1) is 16.6. The molecule has 15 nitrogen and oxygen atoms in total. The first-order valence-electron chi connectivity index (χ1n) is 10.7. The number of ether oxygens (including phenoxy) is 4. The van der Waals surface area contributed by atoms with Crippen molar-refractivity contribution < 1.29 is 59.3 Å². The van der Waals surface area contributed by atoms with Crippen molar-refractivity contribution in [1.82, 2.24) is 5.32 Å². The topological polar surface area (TPSA) is 231 Å². The lowest BCUT2D eigenvalue weighted by Gasteiger charge is -2.47. The van der Waals surface area contributed by atoms with E-state index in [0.717, 1.165) is 0 Å². The zero-order valence-electron chi connectivity index (χ0n) is 18.5. The van der Waals surface area contributed by atoms with Gasteiger partial charge in [0.25, 0.3) is 5.69 Å². The molecule has 1 aromatic rings. The van der Waals surface area contributed by atoms with Crippen LogP contribution in [-0.2, 0) is 19.0 Å². The minimum atomic E-state index is -1.80. The van der Waals surface area contributed by atoms with Crippen LogP contribution in [0.5, 0.6) is 5.75 Å². The van der Waals surface area contributed by atoms with Crippen molar-refractivity contribution in [3.63, 3.8) is 0 Å². The van der Waals surface area contributed by atoms with Crippen LogP contribution in [0.2, 0.25) is 0 Å². The van der Waals surface area contributed by atoms with Crippen LogP contribution in [0.1, 0.15) is 6.92 Å². The van der Waals surface area contributed by atoms with E-state index >= 15 is 0 Å². The molecular weight excluding hydrogens is 476 g/mol. The summed E-state index contributed by atoms with van der Waals surface area (Å²) in [7, 11) is 0. The Kier molecular flexibility index (Phi) is 8.92. The van der Waals surface area contributed by atoms with Crippen LogP contribution in [0.15, 0.2) is 24.3 Å². The number of benzene rings is 1. The molecule has 15 heteroatoms. The molecule has 1 amide bonds. The summed E-state index contributed by atoms with van der Waals surface area (Å²) in [5.41, 5.74) is -0.201. The Morgan fingerprint density at radius 1 is 0.971 bits per heavy atom. The second-order valence-corrected chi connectivity index (χ2v) is 8.11. The van der Waals surface area contributed by atoms with Crippen LogP contribution >= 0.6 is 0 Å². The monoisotopic (exact) mass is 504 g/mol. The van der Waals surface area contributed by atoms with Gasteiger partial charge in [-0.15, -0.1) is 0 Å². The molecule has 0 spiro atoms. The molecule has 3 rings (SSSR count). The molecule has 2 heterocycles. The lowest BCUT2D eigenvalue weighted by Crippen LogP contribution is -2.68. The first kappa shape index (κ1) is 27.1. The van der Waals surface area contributed by atoms with Crippen LogP contribution in [0.25, 0.3) is 0 Å². The zero-order chi connectivity index (χ0) is 25.9. The normalized spacial score (nSPS) is 37.5. The smallest absolute Gasteiger partial charge is 0.269 e. The summed E-state index contributed by atoms with van der Waals surface area (Å²) >= 11 is 0. The van der Waals surface area contributed by atoms with E-state index in [9.17, 15) is 45.5 Å². The molecule has 196 valence electrons. The highest BCUT2D eigenvalue weighted by Gasteiger charge is 2.52. The van der Waals surface area contributed by atoms with Gasteiger partial charge in [-0.2, -0.15) is 0 Å². The van der Waals surface area contributed by atoms with E-state index in [2.05, 4.69) is 5.32 Å². The standard InChI is InChI=1S/C20H28N2O13/c1-8(25)21-13-18(35-20-17(29)16(28)14(26)11(6-23)34-20)15(27)12(7-24)33-19(13)32-10-4-2-9(3-5-10)22(30)31/h2-5,11-20,23-24,26-29H,6-7H2,1H3,(H,21,25)/t11-,12-,13-,14-,15+,16+,17-,18-,19+,20+/m1/s1. The maximum absolute atomic E-state index is 11.9. The first-order valence-corrected chi connectivity index (χ1v) is 10.7. The van der Waals surface area contributed by atoms with Crippen LogP contribution < -0.4 is 10.1 Å². The molecular formula is C20H28N2O13. The maximum atomic E-state index is 11.9. The Hall–Kier alpha value is -2.47. The third-order valence-corrected chi connectivity index (χ3v) is 5.66. The maximum Gasteiger partial charge on any atom is 0.269 e. The van der Waals surface area contributed by atoms with Gasteiger partial charge in [0.15, 0.2) is 6.29 Å². The second kappa shape index (κ2) is 11.5. The number of carbonyl (C=O) groups excluding carboxylic acids is 1. The molecule has 2 aliphatic heterocycles. The van der Waals surface area contributed by atoms with Crippen molar-refractivity contribution in [3.05, 3.63) is 34.4 Å². The lowest BCUT2D eigenvalue weighted by molar-refractivity contribution is -0.384. The molecule has 2 fully saturated rings. The zero-order valence-corrected chi connectivity index (χ0v) is 18.5. The summed E-state index contributed by atoms with van der Waals surface area (Å²) in [5.74, 6) is -0.497. The molecule has 2 aliphatic rings. The van der Waals surface area contributed by atoms with Gasteiger partial charge in [-0.3, -0.25) is 14.9 Å². The summed E-state index contributed by atoms with van der Waals surface area (Å²) in [6.07, 6.45) is -13.9. The Balaban J connectivity index is 1.88. The molecule has 1 aromatic carbocycles. The van der Waals surface area contributed by atoms with E-state index < -0.39 is 85.4 Å². The van der Waals surface area contributed by atoms with Gasteiger partial charge in [0.2, 0.25) is 12.2 Å². The van der Waals surface area contributed by atoms with Crippen molar-refractivity contribution in [2.45, 2.75) is 68.3 Å². The van der Waals surface area contributed by atoms with Crippen molar-refractivity contribution in [2.75, 3.05) is 13.2 Å². The Labute approximate surface area is 198 Å². The van der Waals surface area contributed by atoms with E-state index in [1.165, 1.54) is 31.2 Å². The van der Waals surface area contributed by atoms with E-state index in [0.29, 0.717) is 0 Å². The number of nitrogens with zero attached hydrogens (tertiary/aromatic N) is 1. The number of nitro benzene ring substituents is 1. The van der Waals surface area contributed by atoms with Crippen molar-refractivity contribution in [1.29, 1.82) is 0 Å². The van der Waals surface area contributed by atoms with Crippen LogP contribution in [0.4, 0.5) is 5.69 Å². The number of non-ortho nitro benzene ring substituents is 1. The number of aliphatic hydroxyl groups is 6. The SMILES string of the molecule is CC(=O)N[C@H]1[C@@H](Oc2ccc([N+](=O)[O-])cc2)O[C@H](CO)[C@H](O)[C@@H]1O[C@@H]1O[C@H](CO)[C@@H](O)[C@H](O)[C@H]1O. The fourth-order valence-electron chi connectivity index (χ4n) is 3.83. The molecule has 7 N–H and O–H groups in total. The van der Waals surface area contributed by atoms with Crippen molar-refractivity contribution >= 4 is 11.6 Å². The molecule has 0 saturated carbocycles. The third kappa shape index (κ3) is 6.03. The van der Waals surface area contributed by atoms with Gasteiger partial charge in [-0.1, -0.05) is 0 Å². The van der Waals surface area contributed by atoms with Crippen molar-refractivity contribution in [2.24, 2.45) is 0 Å². The second-order valence-electron chi connectivity index (χ2n) is 8.11. The molecule has 35 heavy (non-hydrogen) atoms. The highest BCUT2D eigenvalue weighted by Crippen LogP contribution is 2.31. The molecule has 0 radical (unpaired) electrons. The van der Waals surface area contributed by atoms with Gasteiger partial charge < -0.3 is 54.9 Å². The average molecular weight is 504 g/mol. The predicted octanol–water partition coefficient (Wildman–Crippen LogP) is -3.26. The van der Waals surface area contributed by atoms with Crippen LogP contribution in [-0.4, -0.2) is 116 Å². The minimum Gasteiger partial charge on any atom is -0.463 e. The fourth-order valence-corrected chi connectivity index (χ4v) is 3.83. The number of nitrogens with one attached hydrogen (secondary N) is 1. The van der Waals surface area contributed by atoms with Crippen LogP contribution in [0.3, 0.4) is 0 Å². The Morgan fingerprint density at radius 2 is 1.54 bits per heavy atom. The number of carbonyl (C=O) groups is 1. The number of hydrogen-bond acceptors (Lipinski definition) is 13. The lowest BCUT2D eigenvalue weighted by atomic mass is 9.95. The summed E-state index contributed by atoms with van der Waals surface area (Å²) in [6.45, 7) is -0.262. The van der Waals surface area contributed by atoms with Gasteiger partial charge >= 0.3 is 0 Å². The van der Waals surface area contributed by atoms with Gasteiger partial charge in [0, 0.05) is 19.1 Å². The molecule has 0 aromatic heterocycles.